The highest BCUT2D eigenvalue weighted by Crippen LogP contribution is 2.25. The van der Waals surface area contributed by atoms with Crippen LogP contribution in [0.2, 0.25) is 0 Å². The highest BCUT2D eigenvalue weighted by Gasteiger charge is 2.21. The third kappa shape index (κ3) is 3.06. The van der Waals surface area contributed by atoms with Gasteiger partial charge in [0.05, 0.1) is 6.10 Å². The molecule has 1 aromatic carbocycles. The second kappa shape index (κ2) is 5.46. The summed E-state index contributed by atoms with van der Waals surface area (Å²) in [5.41, 5.74) is 1.00. The molecule has 16 heavy (non-hydrogen) atoms. The summed E-state index contributed by atoms with van der Waals surface area (Å²) < 4.78 is 0. The molecule has 0 amide bonds. The fourth-order valence-electron chi connectivity index (χ4n) is 2.46. The van der Waals surface area contributed by atoms with Gasteiger partial charge < -0.3 is 10.4 Å². The zero-order valence-corrected chi connectivity index (χ0v) is 9.89. The second-order valence-corrected chi connectivity index (χ2v) is 4.95. The lowest BCUT2D eigenvalue weighted by Gasteiger charge is -2.16. The van der Waals surface area contributed by atoms with Crippen LogP contribution in [0.5, 0.6) is 0 Å². The molecule has 1 saturated carbocycles. The van der Waals surface area contributed by atoms with Crippen molar-refractivity contribution in [3.05, 3.63) is 35.9 Å². The van der Waals surface area contributed by atoms with E-state index in [0.717, 1.165) is 11.5 Å². The average Bonchev–Trinajstić information content (AvgIpc) is 2.73. The number of hydrogen-bond donors (Lipinski definition) is 2. The molecule has 88 valence electrons. The zero-order valence-electron chi connectivity index (χ0n) is 9.89. The third-order valence-electron chi connectivity index (χ3n) is 3.48. The van der Waals surface area contributed by atoms with Crippen molar-refractivity contribution >= 4 is 0 Å². The zero-order chi connectivity index (χ0) is 11.4. The summed E-state index contributed by atoms with van der Waals surface area (Å²) in [5, 5.41) is 13.4. The molecule has 2 N–H and O–H groups in total. The van der Waals surface area contributed by atoms with Crippen LogP contribution < -0.4 is 5.32 Å². The van der Waals surface area contributed by atoms with E-state index in [9.17, 15) is 5.11 Å². The summed E-state index contributed by atoms with van der Waals surface area (Å²) in [5.74, 6) is 0.839. The molecule has 2 nitrogen and oxygen atoms in total. The minimum atomic E-state index is -0.378. The van der Waals surface area contributed by atoms with Gasteiger partial charge >= 0.3 is 0 Å². The van der Waals surface area contributed by atoms with Crippen LogP contribution in [0, 0.1) is 5.92 Å². The predicted molar refractivity (Wildman–Crippen MR) is 66.2 cm³/mol. The van der Waals surface area contributed by atoms with Crippen molar-refractivity contribution in [2.75, 3.05) is 6.54 Å². The van der Waals surface area contributed by atoms with E-state index in [1.807, 2.05) is 30.3 Å². The molecule has 1 fully saturated rings. The summed E-state index contributed by atoms with van der Waals surface area (Å²) in [7, 11) is 0. The number of aliphatic hydroxyl groups excluding tert-OH is 1. The Bertz CT molecular complexity index is 312. The Kier molecular flexibility index (Phi) is 3.97. The number of rotatable bonds is 4. The van der Waals surface area contributed by atoms with E-state index in [-0.39, 0.29) is 6.10 Å². The van der Waals surface area contributed by atoms with Crippen LogP contribution in [-0.4, -0.2) is 17.7 Å². The summed E-state index contributed by atoms with van der Waals surface area (Å²) in [6, 6.07) is 10.5. The van der Waals surface area contributed by atoms with E-state index in [0.29, 0.717) is 12.6 Å². The highest BCUT2D eigenvalue weighted by atomic mass is 16.3. The fourth-order valence-corrected chi connectivity index (χ4v) is 2.46. The average molecular weight is 219 g/mol. The van der Waals surface area contributed by atoms with Gasteiger partial charge in [0, 0.05) is 12.6 Å². The largest absolute Gasteiger partial charge is 0.387 e. The van der Waals surface area contributed by atoms with Gasteiger partial charge in [-0.3, -0.25) is 0 Å². The first kappa shape index (κ1) is 11.6. The van der Waals surface area contributed by atoms with Crippen molar-refractivity contribution in [3.8, 4) is 0 Å². The van der Waals surface area contributed by atoms with E-state index in [2.05, 4.69) is 12.2 Å². The van der Waals surface area contributed by atoms with Crippen LogP contribution in [0.1, 0.15) is 37.9 Å². The van der Waals surface area contributed by atoms with Crippen LogP contribution in [0.15, 0.2) is 30.3 Å². The van der Waals surface area contributed by atoms with Gasteiger partial charge in [0.15, 0.2) is 0 Å². The molecule has 2 rings (SSSR count). The number of benzene rings is 1. The molecule has 1 aliphatic rings. The van der Waals surface area contributed by atoms with Gasteiger partial charge in [0.25, 0.3) is 0 Å². The van der Waals surface area contributed by atoms with Crippen molar-refractivity contribution in [2.24, 2.45) is 5.92 Å². The monoisotopic (exact) mass is 219 g/mol. The molecule has 2 heteroatoms. The molecule has 1 aromatic rings. The smallest absolute Gasteiger partial charge is 0.0914 e. The Morgan fingerprint density at radius 2 is 2.06 bits per heavy atom. The second-order valence-electron chi connectivity index (χ2n) is 4.95. The molecule has 0 saturated heterocycles. The van der Waals surface area contributed by atoms with E-state index in [1.165, 1.54) is 19.3 Å². The van der Waals surface area contributed by atoms with Crippen LogP contribution in [0.25, 0.3) is 0 Å². The Labute approximate surface area is 97.7 Å². The van der Waals surface area contributed by atoms with Crippen molar-refractivity contribution in [2.45, 2.75) is 38.3 Å². The standard InChI is InChI=1S/C14H21NO/c1-11-7-8-13(9-11)15-10-14(16)12-5-3-2-4-6-12/h2-6,11,13-16H,7-10H2,1H3/t11?,13?,14-/m1/s1. The van der Waals surface area contributed by atoms with E-state index < -0.39 is 0 Å². The fraction of sp³-hybridized carbons (Fsp3) is 0.571. The molecule has 2 unspecified atom stereocenters. The van der Waals surface area contributed by atoms with Crippen molar-refractivity contribution < 1.29 is 5.11 Å². The first-order chi connectivity index (χ1) is 7.75. The first-order valence-electron chi connectivity index (χ1n) is 6.22. The molecule has 3 atom stereocenters. The van der Waals surface area contributed by atoms with E-state index in [4.69, 9.17) is 0 Å². The van der Waals surface area contributed by atoms with Crippen molar-refractivity contribution in [1.29, 1.82) is 0 Å². The van der Waals surface area contributed by atoms with E-state index >= 15 is 0 Å². The summed E-state index contributed by atoms with van der Waals surface area (Å²) in [6.07, 6.45) is 3.45. The lowest BCUT2D eigenvalue weighted by molar-refractivity contribution is 0.169. The maximum Gasteiger partial charge on any atom is 0.0914 e. The Balaban J connectivity index is 1.78. The quantitative estimate of drug-likeness (QED) is 0.815. The molecular weight excluding hydrogens is 198 g/mol. The number of nitrogens with one attached hydrogen (secondary N) is 1. The van der Waals surface area contributed by atoms with Crippen molar-refractivity contribution in [3.63, 3.8) is 0 Å². The topological polar surface area (TPSA) is 32.3 Å². The highest BCUT2D eigenvalue weighted by molar-refractivity contribution is 5.17. The van der Waals surface area contributed by atoms with Gasteiger partial charge in [0.2, 0.25) is 0 Å². The third-order valence-corrected chi connectivity index (χ3v) is 3.48. The molecule has 0 aliphatic heterocycles. The Morgan fingerprint density at radius 3 is 2.69 bits per heavy atom. The van der Waals surface area contributed by atoms with E-state index in [1.54, 1.807) is 0 Å². The van der Waals surface area contributed by atoms with Gasteiger partial charge in [-0.1, -0.05) is 37.3 Å². The lowest BCUT2D eigenvalue weighted by atomic mass is 10.1. The Hall–Kier alpha value is -0.860. The summed E-state index contributed by atoms with van der Waals surface area (Å²) in [6.45, 7) is 2.97. The number of aliphatic hydroxyl groups is 1. The predicted octanol–water partition coefficient (Wildman–Crippen LogP) is 2.50. The van der Waals surface area contributed by atoms with Gasteiger partial charge in [-0.25, -0.2) is 0 Å². The lowest BCUT2D eigenvalue weighted by Crippen LogP contribution is -2.30. The SMILES string of the molecule is CC1CCC(NC[C@@H](O)c2ccccc2)C1. The Morgan fingerprint density at radius 1 is 1.31 bits per heavy atom. The summed E-state index contributed by atoms with van der Waals surface area (Å²) >= 11 is 0. The maximum atomic E-state index is 9.98. The molecule has 0 heterocycles. The molecule has 0 bridgehead atoms. The van der Waals surface area contributed by atoms with Gasteiger partial charge in [-0.15, -0.1) is 0 Å². The number of hydrogen-bond acceptors (Lipinski definition) is 2. The van der Waals surface area contributed by atoms with Gasteiger partial charge in [0.1, 0.15) is 0 Å². The summed E-state index contributed by atoms with van der Waals surface area (Å²) in [4.78, 5) is 0. The molecule has 0 radical (unpaired) electrons. The maximum absolute atomic E-state index is 9.98. The van der Waals surface area contributed by atoms with Crippen LogP contribution in [0.4, 0.5) is 0 Å². The molecule has 1 aliphatic carbocycles. The van der Waals surface area contributed by atoms with Crippen LogP contribution in [0.3, 0.4) is 0 Å². The minimum Gasteiger partial charge on any atom is -0.387 e. The van der Waals surface area contributed by atoms with Gasteiger partial charge in [-0.2, -0.15) is 0 Å². The van der Waals surface area contributed by atoms with Gasteiger partial charge in [-0.05, 0) is 30.7 Å². The molecular formula is C14H21NO. The van der Waals surface area contributed by atoms with Crippen molar-refractivity contribution in [1.82, 2.24) is 5.32 Å². The minimum absolute atomic E-state index is 0.378. The first-order valence-corrected chi connectivity index (χ1v) is 6.22. The van der Waals surface area contributed by atoms with Crippen LogP contribution >= 0.6 is 0 Å². The van der Waals surface area contributed by atoms with Crippen LogP contribution in [-0.2, 0) is 0 Å². The molecule has 0 spiro atoms. The normalized spacial score (nSPS) is 26.9. The molecule has 0 aromatic heterocycles.